The Labute approximate surface area is 134 Å². The first-order chi connectivity index (χ1) is 10.0. The smallest absolute Gasteiger partial charge is 0.231 e. The molecule has 0 radical (unpaired) electrons. The Morgan fingerprint density at radius 1 is 1.29 bits per heavy atom. The van der Waals surface area contributed by atoms with Crippen LogP contribution in [0.5, 0.6) is 11.5 Å². The zero-order valence-electron chi connectivity index (χ0n) is 10.8. The number of ether oxygens (including phenoxy) is 2. The first-order valence-electron chi connectivity index (χ1n) is 6.25. The number of fused-ring (bicyclic) bond motifs is 1. The maximum atomic E-state index is 13.7. The molecule has 0 bridgehead atoms. The number of halogens is 3. The normalized spacial score (nSPS) is 14.3. The Morgan fingerprint density at radius 3 is 2.90 bits per heavy atom. The third kappa shape index (κ3) is 3.00. The lowest BCUT2D eigenvalue weighted by Gasteiger charge is -2.13. The molecule has 0 aliphatic carbocycles. The van der Waals surface area contributed by atoms with E-state index in [0.717, 1.165) is 0 Å². The summed E-state index contributed by atoms with van der Waals surface area (Å²) in [6, 6.07) is 7.72. The lowest BCUT2D eigenvalue weighted by Crippen LogP contribution is -2.04. The van der Waals surface area contributed by atoms with Gasteiger partial charge in [-0.3, -0.25) is 0 Å². The molecule has 1 aliphatic heterocycles. The molecule has 1 atom stereocenters. The quantitative estimate of drug-likeness (QED) is 0.874. The second-order valence-electron chi connectivity index (χ2n) is 4.69. The predicted octanol–water partition coefficient (Wildman–Crippen LogP) is 4.25. The second kappa shape index (κ2) is 5.83. The minimum absolute atomic E-state index is 0.123. The SMILES string of the molecule is OC(Cc1cc(Cl)ccc1F)c1cc(Br)c2c(c1)OCO2. The third-order valence-corrected chi connectivity index (χ3v) is 4.08. The van der Waals surface area contributed by atoms with Crippen LogP contribution in [0.15, 0.2) is 34.8 Å². The Bertz CT molecular complexity index is 693. The number of aliphatic hydroxyl groups is 1. The van der Waals surface area contributed by atoms with Crippen LogP contribution in [-0.4, -0.2) is 11.9 Å². The molecule has 3 nitrogen and oxygen atoms in total. The van der Waals surface area contributed by atoms with Gasteiger partial charge in [0.25, 0.3) is 0 Å². The van der Waals surface area contributed by atoms with E-state index < -0.39 is 11.9 Å². The monoisotopic (exact) mass is 372 g/mol. The van der Waals surface area contributed by atoms with Gasteiger partial charge < -0.3 is 14.6 Å². The van der Waals surface area contributed by atoms with Crippen LogP contribution >= 0.6 is 27.5 Å². The van der Waals surface area contributed by atoms with Crippen LogP contribution in [0.2, 0.25) is 5.02 Å². The average Bonchev–Trinajstić information content (AvgIpc) is 2.91. The first-order valence-corrected chi connectivity index (χ1v) is 7.42. The summed E-state index contributed by atoms with van der Waals surface area (Å²) in [7, 11) is 0. The number of rotatable bonds is 3. The zero-order chi connectivity index (χ0) is 15.0. The highest BCUT2D eigenvalue weighted by Crippen LogP contribution is 2.41. The lowest BCUT2D eigenvalue weighted by atomic mass is 10.0. The molecule has 1 aliphatic rings. The van der Waals surface area contributed by atoms with Crippen molar-refractivity contribution in [1.82, 2.24) is 0 Å². The van der Waals surface area contributed by atoms with Crippen molar-refractivity contribution in [2.75, 3.05) is 6.79 Å². The van der Waals surface area contributed by atoms with E-state index in [1.165, 1.54) is 18.2 Å². The molecular weight excluding hydrogens is 363 g/mol. The van der Waals surface area contributed by atoms with Gasteiger partial charge in [0, 0.05) is 11.4 Å². The molecule has 0 saturated carbocycles. The van der Waals surface area contributed by atoms with E-state index in [9.17, 15) is 9.50 Å². The van der Waals surface area contributed by atoms with Crippen molar-refractivity contribution in [2.24, 2.45) is 0 Å². The van der Waals surface area contributed by atoms with Crippen molar-refractivity contribution in [1.29, 1.82) is 0 Å². The largest absolute Gasteiger partial charge is 0.454 e. The van der Waals surface area contributed by atoms with Crippen LogP contribution in [0.3, 0.4) is 0 Å². The Morgan fingerprint density at radius 2 is 2.10 bits per heavy atom. The zero-order valence-corrected chi connectivity index (χ0v) is 13.1. The standard InChI is InChI=1S/C15H11BrClFO3/c16-11-4-9(6-14-15(11)21-7-20-14)13(19)5-8-3-10(17)1-2-12(8)18/h1-4,6,13,19H,5,7H2. The molecule has 3 rings (SSSR count). The Hall–Kier alpha value is -1.30. The van der Waals surface area contributed by atoms with E-state index >= 15 is 0 Å². The fourth-order valence-corrected chi connectivity index (χ4v) is 2.97. The van der Waals surface area contributed by atoms with Gasteiger partial charge in [0.2, 0.25) is 6.79 Å². The van der Waals surface area contributed by atoms with Gasteiger partial charge in [0.15, 0.2) is 11.5 Å². The molecule has 0 fully saturated rings. The van der Waals surface area contributed by atoms with E-state index in [1.54, 1.807) is 12.1 Å². The molecule has 0 spiro atoms. The Kier molecular flexibility index (Phi) is 4.06. The molecule has 1 N–H and O–H groups in total. The van der Waals surface area contributed by atoms with Gasteiger partial charge in [0.1, 0.15) is 5.82 Å². The minimum atomic E-state index is -0.872. The van der Waals surface area contributed by atoms with Crippen LogP contribution < -0.4 is 9.47 Å². The summed E-state index contributed by atoms with van der Waals surface area (Å²) in [6.07, 6.45) is -0.748. The van der Waals surface area contributed by atoms with E-state index in [1.807, 2.05) is 0 Å². The van der Waals surface area contributed by atoms with Crippen LogP contribution in [0.25, 0.3) is 0 Å². The summed E-state index contributed by atoms with van der Waals surface area (Å²) >= 11 is 9.22. The molecule has 0 aromatic heterocycles. The van der Waals surface area contributed by atoms with Crippen molar-refractivity contribution in [3.8, 4) is 11.5 Å². The molecule has 0 amide bonds. The second-order valence-corrected chi connectivity index (χ2v) is 5.98. The average molecular weight is 374 g/mol. The third-order valence-electron chi connectivity index (χ3n) is 3.26. The summed E-state index contributed by atoms with van der Waals surface area (Å²) in [4.78, 5) is 0. The summed E-state index contributed by atoms with van der Waals surface area (Å²) in [5.74, 6) is 0.781. The highest BCUT2D eigenvalue weighted by atomic mass is 79.9. The van der Waals surface area contributed by atoms with Gasteiger partial charge in [-0.25, -0.2) is 4.39 Å². The van der Waals surface area contributed by atoms with E-state index in [-0.39, 0.29) is 13.2 Å². The number of aliphatic hydroxyl groups excluding tert-OH is 1. The van der Waals surface area contributed by atoms with Crippen molar-refractivity contribution in [3.63, 3.8) is 0 Å². The molecule has 1 heterocycles. The van der Waals surface area contributed by atoms with E-state index in [2.05, 4.69) is 15.9 Å². The van der Waals surface area contributed by atoms with Gasteiger partial charge in [-0.2, -0.15) is 0 Å². The maximum absolute atomic E-state index is 13.7. The Balaban J connectivity index is 1.87. The van der Waals surface area contributed by atoms with Crippen LogP contribution in [0.4, 0.5) is 4.39 Å². The summed E-state index contributed by atoms with van der Waals surface area (Å²) in [6.45, 7) is 0.149. The van der Waals surface area contributed by atoms with Gasteiger partial charge in [0.05, 0.1) is 10.6 Å². The topological polar surface area (TPSA) is 38.7 Å². The summed E-state index contributed by atoms with van der Waals surface area (Å²) < 4.78 is 25.0. The molecular formula is C15H11BrClFO3. The van der Waals surface area contributed by atoms with Crippen molar-refractivity contribution < 1.29 is 19.0 Å². The van der Waals surface area contributed by atoms with E-state index in [4.69, 9.17) is 21.1 Å². The molecule has 21 heavy (non-hydrogen) atoms. The van der Waals surface area contributed by atoms with Gasteiger partial charge in [-0.1, -0.05) is 11.6 Å². The predicted molar refractivity (Wildman–Crippen MR) is 80.3 cm³/mol. The van der Waals surface area contributed by atoms with Gasteiger partial charge >= 0.3 is 0 Å². The van der Waals surface area contributed by atoms with Crippen molar-refractivity contribution >= 4 is 27.5 Å². The van der Waals surface area contributed by atoms with Crippen molar-refractivity contribution in [2.45, 2.75) is 12.5 Å². The van der Waals surface area contributed by atoms with Gasteiger partial charge in [-0.05, 0) is 57.4 Å². The van der Waals surface area contributed by atoms with Crippen LogP contribution in [0.1, 0.15) is 17.2 Å². The fraction of sp³-hybridized carbons (Fsp3) is 0.200. The highest BCUT2D eigenvalue weighted by molar-refractivity contribution is 9.10. The number of hydrogen-bond donors (Lipinski definition) is 1. The first kappa shape index (κ1) is 14.6. The summed E-state index contributed by atoms with van der Waals surface area (Å²) in [5.41, 5.74) is 0.981. The van der Waals surface area contributed by atoms with Crippen molar-refractivity contribution in [3.05, 3.63) is 56.8 Å². The summed E-state index contributed by atoms with van der Waals surface area (Å²) in [5, 5.41) is 10.8. The number of benzene rings is 2. The highest BCUT2D eigenvalue weighted by Gasteiger charge is 2.21. The molecule has 6 heteroatoms. The molecule has 0 saturated heterocycles. The van der Waals surface area contributed by atoms with Crippen LogP contribution in [-0.2, 0) is 6.42 Å². The molecule has 1 unspecified atom stereocenters. The minimum Gasteiger partial charge on any atom is -0.454 e. The molecule has 2 aromatic rings. The van der Waals surface area contributed by atoms with Crippen LogP contribution in [0, 0.1) is 5.82 Å². The lowest BCUT2D eigenvalue weighted by molar-refractivity contribution is 0.171. The van der Waals surface area contributed by atoms with Gasteiger partial charge in [-0.15, -0.1) is 0 Å². The molecule has 2 aromatic carbocycles. The molecule has 110 valence electrons. The maximum Gasteiger partial charge on any atom is 0.231 e. The van der Waals surface area contributed by atoms with E-state index in [0.29, 0.717) is 32.1 Å². The fourth-order valence-electron chi connectivity index (χ4n) is 2.21. The number of hydrogen-bond acceptors (Lipinski definition) is 3.